The van der Waals surface area contributed by atoms with Crippen LogP contribution in [0.5, 0.6) is 0 Å². The van der Waals surface area contributed by atoms with Crippen molar-refractivity contribution in [2.24, 2.45) is 5.16 Å². The van der Waals surface area contributed by atoms with Crippen molar-refractivity contribution in [2.45, 2.75) is 38.3 Å². The van der Waals surface area contributed by atoms with Crippen LogP contribution in [0.2, 0.25) is 0 Å². The fourth-order valence-electron chi connectivity index (χ4n) is 3.39. The lowest BCUT2D eigenvalue weighted by molar-refractivity contribution is -0.173. The molecular weight excluding hydrogens is 342 g/mol. The molecule has 1 aliphatic carbocycles. The van der Waals surface area contributed by atoms with Crippen LogP contribution in [0.1, 0.15) is 37.3 Å². The monoisotopic (exact) mass is 363 g/mol. The molecule has 0 saturated heterocycles. The molecule has 2 amide bonds. The summed E-state index contributed by atoms with van der Waals surface area (Å²) in [5.41, 5.74) is 1.73. The first kappa shape index (κ1) is 17.3. The summed E-state index contributed by atoms with van der Waals surface area (Å²) in [6, 6.07) is 17.1. The van der Waals surface area contributed by atoms with Gasteiger partial charge in [0.05, 0.1) is 6.54 Å². The zero-order valence-electron chi connectivity index (χ0n) is 15.1. The summed E-state index contributed by atoms with van der Waals surface area (Å²) in [5.74, 6) is 0.383. The van der Waals surface area contributed by atoms with Crippen molar-refractivity contribution in [2.75, 3.05) is 5.32 Å². The van der Waals surface area contributed by atoms with Gasteiger partial charge in [-0.2, -0.15) is 0 Å². The Morgan fingerprint density at radius 3 is 2.44 bits per heavy atom. The molecule has 4 rings (SSSR count). The summed E-state index contributed by atoms with van der Waals surface area (Å²) in [5, 5.41) is 7.07. The summed E-state index contributed by atoms with van der Waals surface area (Å²) in [7, 11) is 0. The van der Waals surface area contributed by atoms with E-state index in [0.717, 1.165) is 23.2 Å². The van der Waals surface area contributed by atoms with Gasteiger partial charge in [-0.15, -0.1) is 0 Å². The van der Waals surface area contributed by atoms with Gasteiger partial charge < -0.3 is 10.2 Å². The van der Waals surface area contributed by atoms with Crippen LogP contribution in [0.25, 0.3) is 0 Å². The summed E-state index contributed by atoms with van der Waals surface area (Å²) in [6.45, 7) is 1.87. The predicted molar refractivity (Wildman–Crippen MR) is 102 cm³/mol. The van der Waals surface area contributed by atoms with E-state index in [2.05, 4.69) is 10.5 Å². The largest absolute Gasteiger partial charge is 0.377 e. The maximum Gasteiger partial charge on any atom is 0.275 e. The van der Waals surface area contributed by atoms with Crippen molar-refractivity contribution in [3.8, 4) is 0 Å². The quantitative estimate of drug-likeness (QED) is 0.906. The molecule has 2 aromatic rings. The van der Waals surface area contributed by atoms with Crippen molar-refractivity contribution in [3.05, 3.63) is 65.7 Å². The minimum Gasteiger partial charge on any atom is -0.377 e. The van der Waals surface area contributed by atoms with Gasteiger partial charge >= 0.3 is 0 Å². The lowest BCUT2D eigenvalue weighted by Gasteiger charge is -2.44. The van der Waals surface area contributed by atoms with Crippen LogP contribution >= 0.6 is 0 Å². The van der Waals surface area contributed by atoms with Gasteiger partial charge in [0.15, 0.2) is 5.84 Å². The molecule has 6 heteroatoms. The predicted octanol–water partition coefficient (Wildman–Crippen LogP) is 3.29. The average molecular weight is 363 g/mol. The molecule has 1 fully saturated rings. The Labute approximate surface area is 157 Å². The number of carbonyl (C=O) groups is 2. The number of benzene rings is 2. The minimum atomic E-state index is -0.797. The molecule has 0 unspecified atom stereocenters. The standard InChI is InChI=1S/C21H21N3O3/c1-15(25)22-18-10-8-16(9-11-18)14-24-19(17-6-3-2-4-7-17)23-27-21(20(24)26)12-5-13-21/h2-4,6-11H,5,12-14H2,1H3,(H,22,25). The van der Waals surface area contributed by atoms with E-state index in [0.29, 0.717) is 25.2 Å². The van der Waals surface area contributed by atoms with Gasteiger partial charge in [0.1, 0.15) is 0 Å². The zero-order chi connectivity index (χ0) is 18.9. The minimum absolute atomic E-state index is 0.0338. The Bertz CT molecular complexity index is 887. The first-order chi connectivity index (χ1) is 13.1. The van der Waals surface area contributed by atoms with Crippen LogP contribution in [0, 0.1) is 0 Å². The van der Waals surface area contributed by atoms with E-state index in [1.54, 1.807) is 4.90 Å². The Kier molecular flexibility index (Phi) is 4.39. The number of hydrogen-bond donors (Lipinski definition) is 1. The van der Waals surface area contributed by atoms with Crippen molar-refractivity contribution in [3.63, 3.8) is 0 Å². The summed E-state index contributed by atoms with van der Waals surface area (Å²) < 4.78 is 0. The molecule has 138 valence electrons. The number of oxime groups is 1. The van der Waals surface area contributed by atoms with Crippen molar-refractivity contribution in [1.29, 1.82) is 0 Å². The summed E-state index contributed by atoms with van der Waals surface area (Å²) in [4.78, 5) is 31.7. The molecule has 1 aliphatic heterocycles. The van der Waals surface area contributed by atoms with Crippen LogP contribution in [0.15, 0.2) is 59.8 Å². The molecule has 0 aromatic heterocycles. The molecule has 1 N–H and O–H groups in total. The van der Waals surface area contributed by atoms with E-state index in [1.165, 1.54) is 6.92 Å². The third-order valence-electron chi connectivity index (χ3n) is 5.01. The van der Waals surface area contributed by atoms with Crippen molar-refractivity contribution >= 4 is 23.3 Å². The number of rotatable bonds is 4. The molecule has 1 spiro atoms. The number of amides is 2. The Morgan fingerprint density at radius 1 is 1.15 bits per heavy atom. The van der Waals surface area contributed by atoms with E-state index in [9.17, 15) is 9.59 Å². The number of nitrogens with zero attached hydrogens (tertiary/aromatic N) is 2. The van der Waals surface area contributed by atoms with Gasteiger partial charge in [-0.3, -0.25) is 14.5 Å². The Balaban J connectivity index is 1.62. The first-order valence-electron chi connectivity index (χ1n) is 9.07. The van der Waals surface area contributed by atoms with Gasteiger partial charge in [-0.1, -0.05) is 47.6 Å². The Hall–Kier alpha value is -3.15. The van der Waals surface area contributed by atoms with Crippen LogP contribution in [-0.4, -0.2) is 28.2 Å². The highest BCUT2D eigenvalue weighted by molar-refractivity contribution is 6.11. The first-order valence-corrected chi connectivity index (χ1v) is 9.07. The number of hydrogen-bond acceptors (Lipinski definition) is 4. The van der Waals surface area contributed by atoms with Crippen LogP contribution in [0.4, 0.5) is 5.69 Å². The van der Waals surface area contributed by atoms with E-state index >= 15 is 0 Å². The van der Waals surface area contributed by atoms with Gasteiger partial charge in [0.25, 0.3) is 5.91 Å². The summed E-state index contributed by atoms with van der Waals surface area (Å²) >= 11 is 0. The van der Waals surface area contributed by atoms with Gasteiger partial charge in [-0.05, 0) is 37.0 Å². The molecular formula is C21H21N3O3. The molecule has 0 radical (unpaired) electrons. The topological polar surface area (TPSA) is 71.0 Å². The van der Waals surface area contributed by atoms with Crippen molar-refractivity contribution in [1.82, 2.24) is 4.90 Å². The van der Waals surface area contributed by atoms with E-state index in [1.807, 2.05) is 54.6 Å². The number of nitrogens with one attached hydrogen (secondary N) is 1. The second-order valence-corrected chi connectivity index (χ2v) is 6.99. The van der Waals surface area contributed by atoms with Gasteiger partial charge in [0, 0.05) is 18.2 Å². The second-order valence-electron chi connectivity index (χ2n) is 6.99. The lowest BCUT2D eigenvalue weighted by Crippen LogP contribution is -2.58. The lowest BCUT2D eigenvalue weighted by atomic mass is 9.78. The SMILES string of the molecule is CC(=O)Nc1ccc(CN2C(=O)C3(CCC3)ON=C2c2ccccc2)cc1. The van der Waals surface area contributed by atoms with Crippen LogP contribution in [0.3, 0.4) is 0 Å². The molecule has 1 saturated carbocycles. The van der Waals surface area contributed by atoms with Crippen LogP contribution in [-0.2, 0) is 21.0 Å². The molecule has 0 atom stereocenters. The smallest absolute Gasteiger partial charge is 0.275 e. The van der Waals surface area contributed by atoms with E-state index in [-0.39, 0.29) is 11.8 Å². The third kappa shape index (κ3) is 3.30. The highest BCUT2D eigenvalue weighted by Crippen LogP contribution is 2.40. The van der Waals surface area contributed by atoms with Gasteiger partial charge in [0.2, 0.25) is 11.5 Å². The molecule has 6 nitrogen and oxygen atoms in total. The van der Waals surface area contributed by atoms with Crippen molar-refractivity contribution < 1.29 is 14.4 Å². The summed E-state index contributed by atoms with van der Waals surface area (Å²) in [6.07, 6.45) is 2.38. The highest BCUT2D eigenvalue weighted by Gasteiger charge is 2.53. The molecule has 27 heavy (non-hydrogen) atoms. The highest BCUT2D eigenvalue weighted by atomic mass is 16.7. The fourth-order valence-corrected chi connectivity index (χ4v) is 3.39. The number of anilines is 1. The molecule has 2 aromatic carbocycles. The average Bonchev–Trinajstić information content (AvgIpc) is 2.64. The maximum absolute atomic E-state index is 13.2. The molecule has 0 bridgehead atoms. The third-order valence-corrected chi connectivity index (χ3v) is 5.01. The van der Waals surface area contributed by atoms with E-state index < -0.39 is 5.60 Å². The van der Waals surface area contributed by atoms with Gasteiger partial charge in [-0.25, -0.2) is 0 Å². The molecule has 1 heterocycles. The zero-order valence-corrected chi connectivity index (χ0v) is 15.1. The fraction of sp³-hybridized carbons (Fsp3) is 0.286. The Morgan fingerprint density at radius 2 is 1.85 bits per heavy atom. The number of carbonyl (C=O) groups excluding carboxylic acids is 2. The van der Waals surface area contributed by atoms with E-state index in [4.69, 9.17) is 4.84 Å². The second kappa shape index (κ2) is 6.87. The normalized spacial score (nSPS) is 17.7. The maximum atomic E-state index is 13.2. The van der Waals surface area contributed by atoms with Crippen LogP contribution < -0.4 is 5.32 Å². The molecule has 2 aliphatic rings. The number of amidine groups is 1.